The van der Waals surface area contributed by atoms with Crippen LogP contribution in [0.5, 0.6) is 11.5 Å². The van der Waals surface area contributed by atoms with Gasteiger partial charge in [-0.15, -0.1) is 15.3 Å². The SMILES string of the molecule is Nc1c(N=Nc2ccc(-c3nc4cc(N=Nc5ccc(O)cc5NCC(=O)O)ccc4[nH]3)cc2)c(S(=O)(=O)O)cc2cc(S(=O)(=O)O)c(N=Nc3ccccc3)c(O)c12. The average molecular weight is 837 g/mol. The number of carbonyl (C=O) groups is 1. The molecule has 0 radical (unpaired) electrons. The predicted octanol–water partition coefficient (Wildman–Crippen LogP) is 8.61. The van der Waals surface area contributed by atoms with Gasteiger partial charge in [0.15, 0.2) is 5.75 Å². The summed E-state index contributed by atoms with van der Waals surface area (Å²) in [5.74, 6) is -1.60. The van der Waals surface area contributed by atoms with Crippen LogP contribution in [-0.2, 0) is 25.0 Å². The molecule has 0 saturated carbocycles. The molecule has 0 aliphatic rings. The Balaban J connectivity index is 1.18. The van der Waals surface area contributed by atoms with Crippen LogP contribution in [0.3, 0.4) is 0 Å². The summed E-state index contributed by atoms with van der Waals surface area (Å²) in [7, 11) is -10.1. The van der Waals surface area contributed by atoms with Gasteiger partial charge in [0, 0.05) is 11.6 Å². The molecule has 0 bridgehead atoms. The Morgan fingerprint density at radius 1 is 0.712 bits per heavy atom. The van der Waals surface area contributed by atoms with Crippen LogP contribution in [0, 0.1) is 0 Å². The van der Waals surface area contributed by atoms with Gasteiger partial charge in [-0.1, -0.05) is 18.2 Å². The van der Waals surface area contributed by atoms with Gasteiger partial charge in [0.25, 0.3) is 20.2 Å². The summed E-state index contributed by atoms with van der Waals surface area (Å²) in [6.45, 7) is -0.395. The van der Waals surface area contributed by atoms with Gasteiger partial charge in [-0.25, -0.2) is 4.98 Å². The highest BCUT2D eigenvalue weighted by Crippen LogP contribution is 2.48. The van der Waals surface area contributed by atoms with Gasteiger partial charge >= 0.3 is 5.97 Å². The number of azo groups is 3. The van der Waals surface area contributed by atoms with Crippen LogP contribution in [0.4, 0.5) is 45.5 Å². The summed E-state index contributed by atoms with van der Waals surface area (Å²) < 4.78 is 69.7. The number of hydrogen-bond donors (Lipinski definition) is 8. The number of imidazole rings is 1. The van der Waals surface area contributed by atoms with Gasteiger partial charge in [-0.2, -0.15) is 32.2 Å². The van der Waals surface area contributed by atoms with E-state index in [-0.39, 0.29) is 33.6 Å². The van der Waals surface area contributed by atoms with Crippen LogP contribution >= 0.6 is 0 Å². The van der Waals surface area contributed by atoms with E-state index in [0.29, 0.717) is 33.8 Å². The van der Waals surface area contributed by atoms with E-state index in [1.54, 1.807) is 60.7 Å². The molecular formula is C37H28N10O10S2. The molecule has 9 N–H and O–H groups in total. The van der Waals surface area contributed by atoms with E-state index in [1.165, 1.54) is 30.3 Å². The van der Waals surface area contributed by atoms with Crippen molar-refractivity contribution in [1.82, 2.24) is 9.97 Å². The zero-order valence-corrected chi connectivity index (χ0v) is 31.5. The molecule has 0 atom stereocenters. The van der Waals surface area contributed by atoms with Gasteiger partial charge < -0.3 is 31.4 Å². The fourth-order valence-corrected chi connectivity index (χ4v) is 7.06. The third-order valence-electron chi connectivity index (χ3n) is 8.45. The van der Waals surface area contributed by atoms with E-state index in [1.807, 2.05) is 0 Å². The zero-order valence-electron chi connectivity index (χ0n) is 29.8. The Morgan fingerprint density at radius 3 is 1.98 bits per heavy atom. The van der Waals surface area contributed by atoms with Crippen molar-refractivity contribution in [3.05, 3.63) is 103 Å². The van der Waals surface area contributed by atoms with Gasteiger partial charge in [0.2, 0.25) is 0 Å². The highest BCUT2D eigenvalue weighted by molar-refractivity contribution is 7.86. The average Bonchev–Trinajstić information content (AvgIpc) is 3.62. The molecule has 1 aromatic heterocycles. The molecule has 0 saturated heterocycles. The number of hydrogen-bond acceptors (Lipinski definition) is 16. The number of nitrogens with one attached hydrogen (secondary N) is 2. The summed E-state index contributed by atoms with van der Waals surface area (Å²) in [4.78, 5) is 17.0. The summed E-state index contributed by atoms with van der Waals surface area (Å²) in [5, 5.41) is 56.3. The van der Waals surface area contributed by atoms with Crippen molar-refractivity contribution in [2.75, 3.05) is 17.6 Å². The molecule has 0 amide bonds. The van der Waals surface area contributed by atoms with E-state index >= 15 is 0 Å². The normalized spacial score (nSPS) is 12.4. The minimum Gasteiger partial charge on any atom is -0.508 e. The van der Waals surface area contributed by atoms with E-state index < -0.39 is 65.4 Å². The fraction of sp³-hybridized carbons (Fsp3) is 0.0270. The van der Waals surface area contributed by atoms with E-state index in [4.69, 9.17) is 10.8 Å². The maximum atomic E-state index is 12.5. The molecule has 59 heavy (non-hydrogen) atoms. The van der Waals surface area contributed by atoms with Crippen LogP contribution in [-0.4, -0.2) is 63.7 Å². The molecule has 6 aromatic carbocycles. The van der Waals surface area contributed by atoms with Crippen molar-refractivity contribution in [3.8, 4) is 22.9 Å². The fourth-order valence-electron chi connectivity index (χ4n) is 5.73. The molecule has 0 spiro atoms. The standard InChI is InChI=1S/C37H28N10O10S2/c38-33-32-20(15-30(59(55,56)57)35(36(32)51)47-42-21-4-2-1-3-5-21)14-29(58(52,53)54)34(33)46-43-22-8-6-19(7-9-22)37-40-25-12-10-23(16-28(25)41-37)44-45-26-13-11-24(48)17-27(26)39-18-31(49)50/h1-17,39,48,51H,18,38H2,(H,40,41)(H,49,50)(H,52,53,54)(H,55,56,57). The second kappa shape index (κ2) is 15.7. The molecular weight excluding hydrogens is 809 g/mol. The maximum Gasteiger partial charge on any atom is 0.322 e. The molecule has 298 valence electrons. The van der Waals surface area contributed by atoms with Crippen LogP contribution in [0.1, 0.15) is 0 Å². The number of benzene rings is 6. The lowest BCUT2D eigenvalue weighted by atomic mass is 10.1. The topological polar surface area (TPSA) is 327 Å². The number of nitrogens with zero attached hydrogens (tertiary/aromatic N) is 7. The number of nitrogen functional groups attached to an aromatic ring is 1. The largest absolute Gasteiger partial charge is 0.508 e. The monoisotopic (exact) mass is 836 g/mol. The molecule has 20 nitrogen and oxygen atoms in total. The molecule has 0 unspecified atom stereocenters. The lowest BCUT2D eigenvalue weighted by Gasteiger charge is -2.14. The number of aromatic nitrogens is 2. The quantitative estimate of drug-likeness (QED) is 0.0325. The minimum atomic E-state index is -5.08. The summed E-state index contributed by atoms with van der Waals surface area (Å²) in [6, 6.07) is 25.3. The van der Waals surface area contributed by atoms with Crippen LogP contribution in [0.15, 0.2) is 144 Å². The molecule has 7 aromatic rings. The highest BCUT2D eigenvalue weighted by Gasteiger charge is 2.28. The number of nitrogens with two attached hydrogens (primary N) is 1. The van der Waals surface area contributed by atoms with E-state index in [2.05, 4.69) is 46.0 Å². The number of anilines is 2. The Labute approximate surface area is 332 Å². The van der Waals surface area contributed by atoms with E-state index in [0.717, 1.165) is 12.1 Å². The number of aromatic amines is 1. The molecule has 22 heteroatoms. The lowest BCUT2D eigenvalue weighted by Crippen LogP contribution is -2.12. The number of carboxylic acid groups (broad SMARTS) is 1. The summed E-state index contributed by atoms with van der Waals surface area (Å²) in [6.07, 6.45) is 0. The molecule has 0 aliphatic carbocycles. The maximum absolute atomic E-state index is 12.5. The Bertz CT molecular complexity index is 3120. The first-order chi connectivity index (χ1) is 28.0. The first-order valence-corrected chi connectivity index (χ1v) is 19.7. The van der Waals surface area contributed by atoms with Crippen molar-refractivity contribution >= 4 is 93.5 Å². The van der Waals surface area contributed by atoms with Crippen molar-refractivity contribution < 1.29 is 46.1 Å². The Kier molecular flexibility index (Phi) is 10.5. The van der Waals surface area contributed by atoms with Crippen molar-refractivity contribution in [1.29, 1.82) is 0 Å². The summed E-state index contributed by atoms with van der Waals surface area (Å²) >= 11 is 0. The molecule has 0 fully saturated rings. The van der Waals surface area contributed by atoms with E-state index in [9.17, 15) is 40.9 Å². The van der Waals surface area contributed by atoms with Gasteiger partial charge in [-0.3, -0.25) is 13.9 Å². The lowest BCUT2D eigenvalue weighted by molar-refractivity contribution is -0.134. The van der Waals surface area contributed by atoms with Crippen LogP contribution in [0.2, 0.25) is 0 Å². The first kappa shape index (κ1) is 39.6. The van der Waals surface area contributed by atoms with Crippen molar-refractivity contribution in [3.63, 3.8) is 0 Å². The first-order valence-electron chi connectivity index (χ1n) is 16.8. The number of H-pyrrole nitrogens is 1. The zero-order chi connectivity index (χ0) is 42.1. The van der Waals surface area contributed by atoms with Crippen LogP contribution < -0.4 is 11.1 Å². The minimum absolute atomic E-state index is 0.0837. The number of phenolic OH excluding ortho intramolecular Hbond substituents is 2. The number of fused-ring (bicyclic) bond motifs is 2. The third-order valence-corrected chi connectivity index (χ3v) is 10.2. The number of aliphatic carboxylic acids is 1. The van der Waals surface area contributed by atoms with Gasteiger partial charge in [0.1, 0.15) is 45.0 Å². The number of carboxylic acids is 1. The van der Waals surface area contributed by atoms with Crippen LogP contribution in [0.25, 0.3) is 33.2 Å². The third kappa shape index (κ3) is 8.69. The smallest absolute Gasteiger partial charge is 0.322 e. The number of rotatable bonds is 12. The predicted molar refractivity (Wildman–Crippen MR) is 214 cm³/mol. The number of phenols is 2. The Morgan fingerprint density at radius 2 is 1.32 bits per heavy atom. The Hall–Kier alpha value is -7.66. The molecule has 1 heterocycles. The van der Waals surface area contributed by atoms with Crippen molar-refractivity contribution in [2.24, 2.45) is 30.7 Å². The second-order valence-electron chi connectivity index (χ2n) is 12.5. The van der Waals surface area contributed by atoms with Crippen molar-refractivity contribution in [2.45, 2.75) is 9.79 Å². The molecule has 0 aliphatic heterocycles. The van der Waals surface area contributed by atoms with Gasteiger partial charge in [-0.05, 0) is 84.2 Å². The second-order valence-corrected chi connectivity index (χ2v) is 15.3. The van der Waals surface area contributed by atoms with Gasteiger partial charge in [0.05, 0.1) is 44.9 Å². The number of aromatic hydroxyl groups is 2. The highest BCUT2D eigenvalue weighted by atomic mass is 32.2. The molecule has 7 rings (SSSR count). The summed E-state index contributed by atoms with van der Waals surface area (Å²) in [5.41, 5.74) is 7.79.